The molecule has 100 valence electrons. The van der Waals surface area contributed by atoms with Crippen molar-refractivity contribution in [2.24, 2.45) is 0 Å². The van der Waals surface area contributed by atoms with Crippen LogP contribution in [0.5, 0.6) is 0 Å². The summed E-state index contributed by atoms with van der Waals surface area (Å²) in [5.74, 6) is -0.0114. The SMILES string of the molecule is CCC[C@@H](C)NC(=O)c1cc(C)nc2ccccc12. The summed E-state index contributed by atoms with van der Waals surface area (Å²) in [5, 5.41) is 3.96. The van der Waals surface area contributed by atoms with Crippen LogP contribution >= 0.6 is 0 Å². The van der Waals surface area contributed by atoms with Crippen molar-refractivity contribution < 1.29 is 4.79 Å². The lowest BCUT2D eigenvalue weighted by Crippen LogP contribution is -2.32. The van der Waals surface area contributed by atoms with Crippen molar-refractivity contribution in [3.63, 3.8) is 0 Å². The normalized spacial score (nSPS) is 12.4. The van der Waals surface area contributed by atoms with Crippen LogP contribution in [0.1, 0.15) is 42.7 Å². The van der Waals surface area contributed by atoms with Gasteiger partial charge in [-0.2, -0.15) is 0 Å². The average Bonchev–Trinajstić information content (AvgIpc) is 2.37. The Kier molecular flexibility index (Phi) is 4.15. The van der Waals surface area contributed by atoms with Crippen LogP contribution in [0.2, 0.25) is 0 Å². The Bertz CT molecular complexity index is 592. The second-order valence-electron chi connectivity index (χ2n) is 4.99. The molecule has 3 nitrogen and oxygen atoms in total. The van der Waals surface area contributed by atoms with Crippen LogP contribution in [0.15, 0.2) is 30.3 Å². The fourth-order valence-electron chi connectivity index (χ4n) is 2.30. The number of aromatic nitrogens is 1. The Morgan fingerprint density at radius 2 is 2.11 bits per heavy atom. The zero-order chi connectivity index (χ0) is 13.8. The van der Waals surface area contributed by atoms with Crippen molar-refractivity contribution in [1.29, 1.82) is 0 Å². The number of pyridine rings is 1. The van der Waals surface area contributed by atoms with Gasteiger partial charge in [0, 0.05) is 17.1 Å². The second kappa shape index (κ2) is 5.83. The quantitative estimate of drug-likeness (QED) is 0.910. The molecular weight excluding hydrogens is 236 g/mol. The zero-order valence-corrected chi connectivity index (χ0v) is 11.7. The molecule has 0 bridgehead atoms. The molecule has 0 spiro atoms. The Balaban J connectivity index is 2.36. The molecule has 1 aromatic carbocycles. The molecule has 0 unspecified atom stereocenters. The number of aryl methyl sites for hydroxylation is 1. The van der Waals surface area contributed by atoms with E-state index in [1.807, 2.05) is 44.2 Å². The average molecular weight is 256 g/mol. The van der Waals surface area contributed by atoms with Gasteiger partial charge in [-0.3, -0.25) is 9.78 Å². The van der Waals surface area contributed by atoms with Gasteiger partial charge in [0.2, 0.25) is 0 Å². The van der Waals surface area contributed by atoms with Crippen LogP contribution in [-0.4, -0.2) is 16.9 Å². The number of carbonyl (C=O) groups is 1. The summed E-state index contributed by atoms with van der Waals surface area (Å²) in [4.78, 5) is 16.8. The Morgan fingerprint density at radius 3 is 2.84 bits per heavy atom. The summed E-state index contributed by atoms with van der Waals surface area (Å²) in [6.45, 7) is 6.07. The van der Waals surface area contributed by atoms with Crippen molar-refractivity contribution in [1.82, 2.24) is 10.3 Å². The van der Waals surface area contributed by atoms with E-state index in [2.05, 4.69) is 17.2 Å². The summed E-state index contributed by atoms with van der Waals surface area (Å²) in [6.07, 6.45) is 2.06. The third kappa shape index (κ3) is 3.11. The van der Waals surface area contributed by atoms with E-state index in [1.165, 1.54) is 0 Å². The Labute approximate surface area is 114 Å². The predicted octanol–water partition coefficient (Wildman–Crippen LogP) is 3.46. The summed E-state index contributed by atoms with van der Waals surface area (Å²) < 4.78 is 0. The van der Waals surface area contributed by atoms with Gasteiger partial charge in [0.15, 0.2) is 0 Å². The lowest BCUT2D eigenvalue weighted by Gasteiger charge is -2.14. The largest absolute Gasteiger partial charge is 0.350 e. The summed E-state index contributed by atoms with van der Waals surface area (Å²) >= 11 is 0. The van der Waals surface area contributed by atoms with Gasteiger partial charge >= 0.3 is 0 Å². The third-order valence-corrected chi connectivity index (χ3v) is 3.19. The van der Waals surface area contributed by atoms with Gasteiger partial charge in [-0.05, 0) is 32.4 Å². The standard InChI is InChI=1S/C16H20N2O/c1-4-7-11(2)18-16(19)14-10-12(3)17-15-9-6-5-8-13(14)15/h5-6,8-11H,4,7H2,1-3H3,(H,18,19)/t11-/m1/s1. The second-order valence-corrected chi connectivity index (χ2v) is 4.99. The maximum absolute atomic E-state index is 12.4. The highest BCUT2D eigenvalue weighted by Crippen LogP contribution is 2.18. The Hall–Kier alpha value is -1.90. The summed E-state index contributed by atoms with van der Waals surface area (Å²) in [5.41, 5.74) is 2.45. The smallest absolute Gasteiger partial charge is 0.252 e. The van der Waals surface area contributed by atoms with Gasteiger partial charge < -0.3 is 5.32 Å². The van der Waals surface area contributed by atoms with Crippen LogP contribution in [-0.2, 0) is 0 Å². The molecule has 2 aromatic rings. The lowest BCUT2D eigenvalue weighted by atomic mass is 10.1. The minimum atomic E-state index is -0.0114. The zero-order valence-electron chi connectivity index (χ0n) is 11.7. The van der Waals surface area contributed by atoms with Crippen molar-refractivity contribution in [3.8, 4) is 0 Å². The van der Waals surface area contributed by atoms with Crippen LogP contribution in [0, 0.1) is 6.92 Å². The summed E-state index contributed by atoms with van der Waals surface area (Å²) in [6, 6.07) is 9.82. The first-order valence-corrected chi connectivity index (χ1v) is 6.79. The highest BCUT2D eigenvalue weighted by molar-refractivity contribution is 6.06. The fraction of sp³-hybridized carbons (Fsp3) is 0.375. The minimum Gasteiger partial charge on any atom is -0.350 e. The van der Waals surface area contributed by atoms with E-state index < -0.39 is 0 Å². The van der Waals surface area contributed by atoms with Gasteiger partial charge in [-0.15, -0.1) is 0 Å². The number of hydrogen-bond donors (Lipinski definition) is 1. The third-order valence-electron chi connectivity index (χ3n) is 3.19. The van der Waals surface area contributed by atoms with E-state index in [9.17, 15) is 4.79 Å². The molecule has 1 atom stereocenters. The van der Waals surface area contributed by atoms with Gasteiger partial charge in [0.25, 0.3) is 5.91 Å². The molecule has 0 aliphatic carbocycles. The molecule has 3 heteroatoms. The summed E-state index contributed by atoms with van der Waals surface area (Å²) in [7, 11) is 0. The number of nitrogens with one attached hydrogen (secondary N) is 1. The number of para-hydroxylation sites is 1. The van der Waals surface area contributed by atoms with E-state index in [4.69, 9.17) is 0 Å². The van der Waals surface area contributed by atoms with Crippen LogP contribution in [0.25, 0.3) is 10.9 Å². The molecule has 0 aliphatic rings. The highest BCUT2D eigenvalue weighted by Gasteiger charge is 2.13. The molecule has 1 amide bonds. The number of amides is 1. The van der Waals surface area contributed by atoms with E-state index in [0.717, 1.165) is 29.4 Å². The van der Waals surface area contributed by atoms with Gasteiger partial charge in [-0.1, -0.05) is 31.5 Å². The number of benzene rings is 1. The number of carbonyl (C=O) groups excluding carboxylic acids is 1. The maximum atomic E-state index is 12.4. The molecule has 1 heterocycles. The number of hydrogen-bond acceptors (Lipinski definition) is 2. The monoisotopic (exact) mass is 256 g/mol. The first kappa shape index (κ1) is 13.5. The topological polar surface area (TPSA) is 42.0 Å². The Morgan fingerprint density at radius 1 is 1.37 bits per heavy atom. The van der Waals surface area contributed by atoms with E-state index in [0.29, 0.717) is 5.56 Å². The molecule has 0 radical (unpaired) electrons. The minimum absolute atomic E-state index is 0.0114. The fourth-order valence-corrected chi connectivity index (χ4v) is 2.30. The molecule has 1 aromatic heterocycles. The van der Waals surface area contributed by atoms with E-state index >= 15 is 0 Å². The molecule has 0 aliphatic heterocycles. The van der Waals surface area contributed by atoms with Crippen LogP contribution < -0.4 is 5.32 Å². The lowest BCUT2D eigenvalue weighted by molar-refractivity contribution is 0.0940. The number of nitrogens with zero attached hydrogens (tertiary/aromatic N) is 1. The molecule has 2 rings (SSSR count). The van der Waals surface area contributed by atoms with Crippen molar-refractivity contribution >= 4 is 16.8 Å². The molecule has 0 fully saturated rings. The van der Waals surface area contributed by atoms with Crippen molar-refractivity contribution in [3.05, 3.63) is 41.6 Å². The maximum Gasteiger partial charge on any atom is 0.252 e. The van der Waals surface area contributed by atoms with Crippen molar-refractivity contribution in [2.75, 3.05) is 0 Å². The van der Waals surface area contributed by atoms with Crippen LogP contribution in [0.4, 0.5) is 0 Å². The molecular formula is C16H20N2O. The first-order valence-electron chi connectivity index (χ1n) is 6.79. The number of rotatable bonds is 4. The van der Waals surface area contributed by atoms with Crippen LogP contribution in [0.3, 0.4) is 0 Å². The van der Waals surface area contributed by atoms with E-state index in [1.54, 1.807) is 0 Å². The molecule has 0 saturated heterocycles. The van der Waals surface area contributed by atoms with Crippen molar-refractivity contribution in [2.45, 2.75) is 39.7 Å². The van der Waals surface area contributed by atoms with Gasteiger partial charge in [0.05, 0.1) is 11.1 Å². The van der Waals surface area contributed by atoms with E-state index in [-0.39, 0.29) is 11.9 Å². The first-order chi connectivity index (χ1) is 9.11. The highest BCUT2D eigenvalue weighted by atomic mass is 16.1. The predicted molar refractivity (Wildman–Crippen MR) is 78.3 cm³/mol. The van der Waals surface area contributed by atoms with Gasteiger partial charge in [-0.25, -0.2) is 0 Å². The molecule has 0 saturated carbocycles. The van der Waals surface area contributed by atoms with Gasteiger partial charge in [0.1, 0.15) is 0 Å². The molecule has 1 N–H and O–H groups in total. The number of fused-ring (bicyclic) bond motifs is 1. The molecule has 19 heavy (non-hydrogen) atoms.